The Bertz CT molecular complexity index is 1370. The average Bonchev–Trinajstić information content (AvgIpc) is 2.82. The summed E-state index contributed by atoms with van der Waals surface area (Å²) in [4.78, 5) is 12.4. The van der Waals surface area contributed by atoms with Gasteiger partial charge in [-0.2, -0.15) is 5.10 Å². The molecule has 190 valence electrons. The number of hydrogen-bond donors (Lipinski definition) is 1. The van der Waals surface area contributed by atoms with E-state index in [4.69, 9.17) is 21.1 Å². The molecule has 3 aromatic carbocycles. The summed E-state index contributed by atoms with van der Waals surface area (Å²) in [6.45, 7) is -0.188. The minimum atomic E-state index is -3.69. The number of halogens is 3. The fourth-order valence-corrected chi connectivity index (χ4v) is 4.96. The summed E-state index contributed by atoms with van der Waals surface area (Å²) in [7, 11) is -2.18. The normalized spacial score (nSPS) is 11.4. The first kappa shape index (κ1) is 28.0. The van der Waals surface area contributed by atoms with E-state index in [-0.39, 0.29) is 6.61 Å². The van der Waals surface area contributed by atoms with Gasteiger partial charge in [0.1, 0.15) is 13.2 Å². The summed E-state index contributed by atoms with van der Waals surface area (Å²) in [6.07, 6.45) is 2.44. The molecule has 0 saturated heterocycles. The minimum absolute atomic E-state index is 0.243. The van der Waals surface area contributed by atoms with Crippen molar-refractivity contribution in [1.29, 1.82) is 0 Å². The van der Waals surface area contributed by atoms with Gasteiger partial charge in [0.25, 0.3) is 5.91 Å². The second kappa shape index (κ2) is 12.6. The molecule has 3 rings (SSSR count). The van der Waals surface area contributed by atoms with Crippen molar-refractivity contribution in [2.75, 3.05) is 24.2 Å². The van der Waals surface area contributed by atoms with Crippen LogP contribution >= 0.6 is 43.5 Å². The lowest BCUT2D eigenvalue weighted by atomic mass is 10.2. The number of ether oxygens (including phenoxy) is 2. The molecule has 0 bridgehead atoms. The molecular formula is C24H22Br2ClN3O5S. The number of anilines is 1. The zero-order valence-electron chi connectivity index (χ0n) is 19.2. The van der Waals surface area contributed by atoms with E-state index in [9.17, 15) is 13.2 Å². The predicted octanol–water partition coefficient (Wildman–Crippen LogP) is 5.37. The lowest BCUT2D eigenvalue weighted by Gasteiger charge is -2.21. The number of carbonyl (C=O) groups is 1. The summed E-state index contributed by atoms with van der Waals surface area (Å²) in [5, 5.41) is 4.55. The van der Waals surface area contributed by atoms with Gasteiger partial charge in [-0.3, -0.25) is 9.10 Å². The molecule has 0 spiro atoms. The van der Waals surface area contributed by atoms with Gasteiger partial charge >= 0.3 is 0 Å². The van der Waals surface area contributed by atoms with E-state index in [0.29, 0.717) is 32.2 Å². The Balaban J connectivity index is 1.68. The van der Waals surface area contributed by atoms with E-state index in [0.717, 1.165) is 20.6 Å². The van der Waals surface area contributed by atoms with Gasteiger partial charge in [-0.15, -0.1) is 0 Å². The smallest absolute Gasteiger partial charge is 0.260 e. The van der Waals surface area contributed by atoms with E-state index in [1.54, 1.807) is 42.5 Å². The Hall–Kier alpha value is -2.60. The number of benzene rings is 3. The first-order valence-electron chi connectivity index (χ1n) is 10.4. The second-order valence-electron chi connectivity index (χ2n) is 7.45. The summed E-state index contributed by atoms with van der Waals surface area (Å²) >= 11 is 13.0. The molecule has 0 aromatic heterocycles. The molecule has 0 unspecified atom stereocenters. The van der Waals surface area contributed by atoms with Crippen molar-refractivity contribution in [3.63, 3.8) is 0 Å². The van der Waals surface area contributed by atoms with Gasteiger partial charge in [-0.1, -0.05) is 45.7 Å². The molecule has 0 saturated carbocycles. The van der Waals surface area contributed by atoms with Gasteiger partial charge in [0.15, 0.2) is 11.5 Å². The van der Waals surface area contributed by atoms with Crippen LogP contribution in [0.15, 0.2) is 74.7 Å². The minimum Gasteiger partial charge on any atom is -0.493 e. The van der Waals surface area contributed by atoms with E-state index in [1.165, 1.54) is 13.3 Å². The van der Waals surface area contributed by atoms with Crippen molar-refractivity contribution in [1.82, 2.24) is 5.43 Å². The Morgan fingerprint density at radius 2 is 1.83 bits per heavy atom. The third-order valence-corrected chi connectivity index (χ3v) is 7.41. The van der Waals surface area contributed by atoms with Crippen LogP contribution in [0.1, 0.15) is 11.1 Å². The van der Waals surface area contributed by atoms with Crippen molar-refractivity contribution in [3.05, 3.63) is 85.8 Å². The van der Waals surface area contributed by atoms with Gasteiger partial charge in [0.05, 0.1) is 29.7 Å². The predicted molar refractivity (Wildman–Crippen MR) is 149 cm³/mol. The molecular weight excluding hydrogens is 638 g/mol. The molecule has 36 heavy (non-hydrogen) atoms. The topological polar surface area (TPSA) is 97.3 Å². The van der Waals surface area contributed by atoms with Crippen LogP contribution in [0.3, 0.4) is 0 Å². The van der Waals surface area contributed by atoms with Crippen LogP contribution in [0.4, 0.5) is 5.69 Å². The number of carbonyl (C=O) groups excluding carboxylic acids is 1. The fourth-order valence-electron chi connectivity index (χ4n) is 3.07. The van der Waals surface area contributed by atoms with Gasteiger partial charge in [-0.25, -0.2) is 13.8 Å². The van der Waals surface area contributed by atoms with Crippen molar-refractivity contribution < 1.29 is 22.7 Å². The summed E-state index contributed by atoms with van der Waals surface area (Å²) in [5.41, 5.74) is 4.15. The lowest BCUT2D eigenvalue weighted by molar-refractivity contribution is -0.119. The van der Waals surface area contributed by atoms with Gasteiger partial charge in [0.2, 0.25) is 10.0 Å². The van der Waals surface area contributed by atoms with Crippen LogP contribution in [-0.4, -0.2) is 40.4 Å². The number of rotatable bonds is 10. The maximum absolute atomic E-state index is 12.4. The molecule has 0 aliphatic carbocycles. The number of nitrogens with zero attached hydrogens (tertiary/aromatic N) is 2. The highest BCUT2D eigenvalue weighted by molar-refractivity contribution is 9.10. The van der Waals surface area contributed by atoms with E-state index < -0.39 is 22.5 Å². The van der Waals surface area contributed by atoms with Crippen molar-refractivity contribution in [2.45, 2.75) is 6.61 Å². The first-order chi connectivity index (χ1) is 17.1. The molecule has 1 N–H and O–H groups in total. The Morgan fingerprint density at radius 3 is 2.47 bits per heavy atom. The zero-order chi connectivity index (χ0) is 26.3. The molecule has 0 aliphatic rings. The van der Waals surface area contributed by atoms with Crippen LogP contribution in [0, 0.1) is 0 Å². The number of hydrogen-bond acceptors (Lipinski definition) is 6. The zero-order valence-corrected chi connectivity index (χ0v) is 24.0. The van der Waals surface area contributed by atoms with E-state index >= 15 is 0 Å². The Kier molecular flexibility index (Phi) is 9.77. The highest BCUT2D eigenvalue weighted by Gasteiger charge is 2.20. The molecule has 0 radical (unpaired) electrons. The standard InChI is InChI=1S/C24H22Br2ClN3O5S/c1-34-22-12-16(11-20(26)24(22)35-15-17-5-3-4-6-21(17)27)13-28-29-23(31)14-30(36(2,32)33)19-9-7-18(25)8-10-19/h3-13H,14-15H2,1-2H3,(H,29,31)/b28-13-. The SMILES string of the molecule is COc1cc(/C=N\NC(=O)CN(c2ccc(Br)cc2)S(C)(=O)=O)cc(Br)c1OCc1ccccc1Cl. The fraction of sp³-hybridized carbons (Fsp3) is 0.167. The number of methoxy groups -OCH3 is 1. The molecule has 0 atom stereocenters. The van der Waals surface area contributed by atoms with Crippen LogP contribution < -0.4 is 19.2 Å². The molecule has 0 aliphatic heterocycles. The van der Waals surface area contributed by atoms with Gasteiger partial charge in [-0.05, 0) is 64.0 Å². The van der Waals surface area contributed by atoms with Crippen molar-refractivity contribution in [3.8, 4) is 11.5 Å². The van der Waals surface area contributed by atoms with E-state index in [1.807, 2.05) is 18.2 Å². The number of amides is 1. The van der Waals surface area contributed by atoms with Crippen LogP contribution in [0.25, 0.3) is 0 Å². The maximum atomic E-state index is 12.4. The molecule has 3 aromatic rings. The maximum Gasteiger partial charge on any atom is 0.260 e. The molecule has 0 heterocycles. The van der Waals surface area contributed by atoms with Crippen LogP contribution in [0.2, 0.25) is 5.02 Å². The number of nitrogens with one attached hydrogen (secondary N) is 1. The first-order valence-corrected chi connectivity index (χ1v) is 14.2. The Morgan fingerprint density at radius 1 is 1.14 bits per heavy atom. The molecule has 8 nitrogen and oxygen atoms in total. The molecule has 1 amide bonds. The third-order valence-electron chi connectivity index (χ3n) is 4.79. The Labute approximate surface area is 231 Å². The van der Waals surface area contributed by atoms with Crippen molar-refractivity contribution >= 4 is 71.3 Å². The largest absolute Gasteiger partial charge is 0.493 e. The number of sulfonamides is 1. The van der Waals surface area contributed by atoms with Crippen LogP contribution in [0.5, 0.6) is 11.5 Å². The summed E-state index contributed by atoms with van der Waals surface area (Å²) in [6, 6.07) is 17.4. The van der Waals surface area contributed by atoms with Gasteiger partial charge in [0, 0.05) is 15.1 Å². The van der Waals surface area contributed by atoms with Gasteiger partial charge < -0.3 is 9.47 Å². The quantitative estimate of drug-likeness (QED) is 0.233. The van der Waals surface area contributed by atoms with Crippen molar-refractivity contribution in [2.24, 2.45) is 5.10 Å². The lowest BCUT2D eigenvalue weighted by Crippen LogP contribution is -2.39. The summed E-state index contributed by atoms with van der Waals surface area (Å²) < 4.78 is 38.2. The van der Waals surface area contributed by atoms with E-state index in [2.05, 4.69) is 42.4 Å². The summed E-state index contributed by atoms with van der Waals surface area (Å²) in [5.74, 6) is 0.324. The monoisotopic (exact) mass is 657 g/mol. The molecule has 0 fully saturated rings. The van der Waals surface area contributed by atoms with Crippen LogP contribution in [-0.2, 0) is 21.4 Å². The highest BCUT2D eigenvalue weighted by Crippen LogP contribution is 2.37. The third kappa shape index (κ3) is 7.70. The second-order valence-corrected chi connectivity index (χ2v) is 11.5. The highest BCUT2D eigenvalue weighted by atomic mass is 79.9. The molecule has 12 heteroatoms. The number of hydrazone groups is 1. The average molecular weight is 660 g/mol.